The summed E-state index contributed by atoms with van der Waals surface area (Å²) in [5, 5.41) is 11.0. The van der Waals surface area contributed by atoms with E-state index in [-0.39, 0.29) is 5.91 Å². The van der Waals surface area contributed by atoms with E-state index in [1.54, 1.807) is 0 Å². The zero-order valence-corrected chi connectivity index (χ0v) is 14.2. The van der Waals surface area contributed by atoms with Gasteiger partial charge in [-0.05, 0) is 54.4 Å². The van der Waals surface area contributed by atoms with Crippen LogP contribution in [0.4, 0.5) is 5.69 Å². The van der Waals surface area contributed by atoms with Crippen molar-refractivity contribution >= 4 is 43.8 Å². The lowest BCUT2D eigenvalue weighted by molar-refractivity contribution is 0.102. The minimum absolute atomic E-state index is 0.132. The largest absolute Gasteiger partial charge is 0.320 e. The molecule has 0 aliphatic heterocycles. The van der Waals surface area contributed by atoms with E-state index in [1.807, 2.05) is 43.4 Å². The minimum atomic E-state index is -0.132. The Bertz CT molecular complexity index is 852. The van der Waals surface area contributed by atoms with Gasteiger partial charge in [-0.25, -0.2) is 0 Å². The molecule has 0 aliphatic rings. The van der Waals surface area contributed by atoms with Gasteiger partial charge in [-0.2, -0.15) is 0 Å². The molecule has 0 fully saturated rings. The van der Waals surface area contributed by atoms with E-state index < -0.39 is 0 Å². The maximum Gasteiger partial charge on any atom is 0.267 e. The first-order chi connectivity index (χ1) is 9.97. The van der Waals surface area contributed by atoms with Gasteiger partial charge >= 0.3 is 0 Å². The Morgan fingerprint density at radius 1 is 1.29 bits per heavy atom. The summed E-state index contributed by atoms with van der Waals surface area (Å²) in [6.07, 6.45) is 0. The number of amides is 1. The van der Waals surface area contributed by atoms with E-state index in [0.29, 0.717) is 4.88 Å². The number of thiazole rings is 1. The van der Waals surface area contributed by atoms with Gasteiger partial charge in [0.05, 0.1) is 5.69 Å². The molecule has 7 heteroatoms. The summed E-state index contributed by atoms with van der Waals surface area (Å²) in [5.41, 5.74) is 2.75. The Balaban J connectivity index is 1.95. The molecule has 0 aliphatic carbocycles. The van der Waals surface area contributed by atoms with Crippen LogP contribution < -0.4 is 5.32 Å². The van der Waals surface area contributed by atoms with Crippen LogP contribution in [0, 0.1) is 20.8 Å². The van der Waals surface area contributed by atoms with Crippen molar-refractivity contribution in [1.29, 1.82) is 0 Å². The number of anilines is 1. The standard InChI is InChI=1S/C14H13BrN4OS/c1-7-4-5-11(10(15)6-7)16-13(20)12-8(2)19-9(3)17-18-14(19)21-12/h4-6H,1-3H3,(H,16,20). The molecule has 0 spiro atoms. The maximum atomic E-state index is 12.5. The Labute approximate surface area is 134 Å². The molecular weight excluding hydrogens is 352 g/mol. The zero-order valence-electron chi connectivity index (χ0n) is 11.8. The molecule has 21 heavy (non-hydrogen) atoms. The summed E-state index contributed by atoms with van der Waals surface area (Å²) >= 11 is 4.81. The van der Waals surface area contributed by atoms with Crippen molar-refractivity contribution in [2.24, 2.45) is 0 Å². The Morgan fingerprint density at radius 2 is 2.05 bits per heavy atom. The highest BCUT2D eigenvalue weighted by Gasteiger charge is 2.19. The van der Waals surface area contributed by atoms with Gasteiger partial charge in [-0.1, -0.05) is 17.4 Å². The van der Waals surface area contributed by atoms with Gasteiger partial charge in [0.25, 0.3) is 5.91 Å². The summed E-state index contributed by atoms with van der Waals surface area (Å²) in [7, 11) is 0. The van der Waals surface area contributed by atoms with Crippen molar-refractivity contribution in [3.63, 3.8) is 0 Å². The smallest absolute Gasteiger partial charge is 0.267 e. The van der Waals surface area contributed by atoms with Gasteiger partial charge in [0, 0.05) is 10.2 Å². The number of carbonyl (C=O) groups excluding carboxylic acids is 1. The summed E-state index contributed by atoms with van der Waals surface area (Å²) in [5.74, 6) is 0.654. The number of nitrogens with zero attached hydrogens (tertiary/aromatic N) is 3. The van der Waals surface area contributed by atoms with Gasteiger partial charge in [0.2, 0.25) is 4.96 Å². The van der Waals surface area contributed by atoms with E-state index in [1.165, 1.54) is 11.3 Å². The third kappa shape index (κ3) is 2.47. The van der Waals surface area contributed by atoms with Crippen LogP contribution in [-0.2, 0) is 0 Å². The van der Waals surface area contributed by atoms with E-state index in [4.69, 9.17) is 0 Å². The van der Waals surface area contributed by atoms with Crippen molar-refractivity contribution in [3.05, 3.63) is 44.6 Å². The second-order valence-electron chi connectivity index (χ2n) is 4.82. The number of aromatic nitrogens is 3. The van der Waals surface area contributed by atoms with Gasteiger partial charge < -0.3 is 5.32 Å². The van der Waals surface area contributed by atoms with E-state index in [2.05, 4.69) is 31.4 Å². The van der Waals surface area contributed by atoms with Crippen LogP contribution in [0.25, 0.3) is 4.96 Å². The number of hydrogen-bond donors (Lipinski definition) is 1. The Hall–Kier alpha value is -1.73. The van der Waals surface area contributed by atoms with E-state index in [0.717, 1.165) is 32.2 Å². The topological polar surface area (TPSA) is 59.3 Å². The summed E-state index contributed by atoms with van der Waals surface area (Å²) in [6, 6.07) is 5.82. The molecular formula is C14H13BrN4OS. The number of aryl methyl sites for hydroxylation is 3. The highest BCUT2D eigenvalue weighted by molar-refractivity contribution is 9.10. The predicted molar refractivity (Wildman–Crippen MR) is 87.2 cm³/mol. The lowest BCUT2D eigenvalue weighted by Crippen LogP contribution is -2.12. The molecule has 0 radical (unpaired) electrons. The first-order valence-electron chi connectivity index (χ1n) is 6.36. The molecule has 0 bridgehead atoms. The van der Waals surface area contributed by atoms with Crippen LogP contribution in [-0.4, -0.2) is 20.5 Å². The molecule has 3 aromatic rings. The van der Waals surface area contributed by atoms with Gasteiger partial charge in [0.15, 0.2) is 0 Å². The fraction of sp³-hybridized carbons (Fsp3) is 0.214. The monoisotopic (exact) mass is 364 g/mol. The van der Waals surface area contributed by atoms with Crippen LogP contribution >= 0.6 is 27.3 Å². The van der Waals surface area contributed by atoms with Crippen molar-refractivity contribution in [3.8, 4) is 0 Å². The fourth-order valence-electron chi connectivity index (χ4n) is 2.17. The Morgan fingerprint density at radius 3 is 2.71 bits per heavy atom. The van der Waals surface area contributed by atoms with Crippen LogP contribution in [0.5, 0.6) is 0 Å². The predicted octanol–water partition coefficient (Wildman–Crippen LogP) is 3.73. The fourth-order valence-corrected chi connectivity index (χ4v) is 3.77. The molecule has 0 atom stereocenters. The molecule has 3 rings (SSSR count). The van der Waals surface area contributed by atoms with Crippen LogP contribution in [0.2, 0.25) is 0 Å². The normalized spacial score (nSPS) is 11.0. The molecule has 2 aromatic heterocycles. The minimum Gasteiger partial charge on any atom is -0.320 e. The van der Waals surface area contributed by atoms with E-state index in [9.17, 15) is 4.79 Å². The molecule has 5 nitrogen and oxygen atoms in total. The number of halogens is 1. The highest BCUT2D eigenvalue weighted by Crippen LogP contribution is 2.27. The molecule has 1 amide bonds. The van der Waals surface area contributed by atoms with E-state index >= 15 is 0 Å². The molecule has 2 heterocycles. The van der Waals surface area contributed by atoms with Crippen LogP contribution in [0.1, 0.15) is 26.8 Å². The van der Waals surface area contributed by atoms with Crippen molar-refractivity contribution < 1.29 is 4.79 Å². The van der Waals surface area contributed by atoms with Gasteiger partial charge in [-0.15, -0.1) is 10.2 Å². The number of fused-ring (bicyclic) bond motifs is 1. The average Bonchev–Trinajstić information content (AvgIpc) is 2.95. The Kier molecular flexibility index (Phi) is 3.54. The molecule has 1 aromatic carbocycles. The van der Waals surface area contributed by atoms with Gasteiger partial charge in [0.1, 0.15) is 10.7 Å². The third-order valence-corrected chi connectivity index (χ3v) is 5.02. The number of nitrogens with one attached hydrogen (secondary N) is 1. The number of benzene rings is 1. The second-order valence-corrected chi connectivity index (χ2v) is 6.65. The third-order valence-electron chi connectivity index (χ3n) is 3.23. The van der Waals surface area contributed by atoms with Crippen molar-refractivity contribution in [1.82, 2.24) is 14.6 Å². The number of rotatable bonds is 2. The summed E-state index contributed by atoms with van der Waals surface area (Å²) < 4.78 is 2.76. The SMILES string of the molecule is Cc1ccc(NC(=O)c2sc3nnc(C)n3c2C)c(Br)c1. The first-order valence-corrected chi connectivity index (χ1v) is 7.97. The molecule has 1 N–H and O–H groups in total. The lowest BCUT2D eigenvalue weighted by atomic mass is 10.2. The number of hydrogen-bond acceptors (Lipinski definition) is 4. The molecule has 108 valence electrons. The molecule has 0 unspecified atom stereocenters. The summed E-state index contributed by atoms with van der Waals surface area (Å²) in [4.78, 5) is 13.9. The van der Waals surface area contributed by atoms with Gasteiger partial charge in [-0.3, -0.25) is 9.20 Å². The summed E-state index contributed by atoms with van der Waals surface area (Å²) in [6.45, 7) is 5.78. The quantitative estimate of drug-likeness (QED) is 0.753. The average molecular weight is 365 g/mol. The highest BCUT2D eigenvalue weighted by atomic mass is 79.9. The zero-order chi connectivity index (χ0) is 15.1. The molecule has 0 saturated carbocycles. The maximum absolute atomic E-state index is 12.5. The molecule has 0 saturated heterocycles. The number of carbonyl (C=O) groups is 1. The van der Waals surface area contributed by atoms with Crippen LogP contribution in [0.3, 0.4) is 0 Å². The lowest BCUT2D eigenvalue weighted by Gasteiger charge is -2.07. The van der Waals surface area contributed by atoms with Crippen molar-refractivity contribution in [2.45, 2.75) is 20.8 Å². The van der Waals surface area contributed by atoms with Crippen LogP contribution in [0.15, 0.2) is 22.7 Å². The first kappa shape index (κ1) is 14.2. The van der Waals surface area contributed by atoms with Crippen molar-refractivity contribution in [2.75, 3.05) is 5.32 Å². The second kappa shape index (κ2) is 5.23.